The van der Waals surface area contributed by atoms with Gasteiger partial charge in [-0.05, 0) is 55.8 Å². The lowest BCUT2D eigenvalue weighted by Gasteiger charge is -2.23. The van der Waals surface area contributed by atoms with Crippen LogP contribution in [-0.4, -0.2) is 46.0 Å². The van der Waals surface area contributed by atoms with E-state index in [1.54, 1.807) is 24.5 Å². The zero-order valence-corrected chi connectivity index (χ0v) is 19.6. The Labute approximate surface area is 204 Å². The van der Waals surface area contributed by atoms with Crippen molar-refractivity contribution in [2.75, 3.05) is 25.5 Å². The summed E-state index contributed by atoms with van der Waals surface area (Å²) in [5.41, 5.74) is 4.39. The van der Waals surface area contributed by atoms with Crippen LogP contribution >= 0.6 is 0 Å². The summed E-state index contributed by atoms with van der Waals surface area (Å²) in [6, 6.07) is 19.1. The van der Waals surface area contributed by atoms with E-state index in [9.17, 15) is 4.79 Å². The molecule has 35 heavy (non-hydrogen) atoms. The summed E-state index contributed by atoms with van der Waals surface area (Å²) in [7, 11) is 1.88. The van der Waals surface area contributed by atoms with Crippen LogP contribution in [0.15, 0.2) is 77.9 Å². The second kappa shape index (κ2) is 10.5. The van der Waals surface area contributed by atoms with Crippen LogP contribution < -0.4 is 20.9 Å². The minimum absolute atomic E-state index is 0.151. The molecule has 2 aromatic heterocycles. The van der Waals surface area contributed by atoms with Crippen LogP contribution in [0.25, 0.3) is 22.6 Å². The molecular weight excluding hydrogens is 440 g/mol. The summed E-state index contributed by atoms with van der Waals surface area (Å²) in [6.07, 6.45) is 5.63. The van der Waals surface area contributed by atoms with Crippen molar-refractivity contribution in [1.29, 1.82) is 0 Å². The van der Waals surface area contributed by atoms with Crippen LogP contribution in [0.4, 0.5) is 5.69 Å². The highest BCUT2D eigenvalue weighted by Crippen LogP contribution is 2.21. The van der Waals surface area contributed by atoms with Gasteiger partial charge in [0.2, 0.25) is 0 Å². The molecule has 5 rings (SSSR count). The molecule has 2 N–H and O–H groups in total. The highest BCUT2D eigenvalue weighted by atomic mass is 16.5. The summed E-state index contributed by atoms with van der Waals surface area (Å²) in [6.45, 7) is 2.30. The Morgan fingerprint density at radius 2 is 1.77 bits per heavy atom. The number of nitrogens with one attached hydrogen (secondary N) is 2. The van der Waals surface area contributed by atoms with Crippen molar-refractivity contribution in [3.05, 3.63) is 89.0 Å². The number of nitrogens with zero attached hydrogens (tertiary/aromatic N) is 4. The number of anilines is 1. The van der Waals surface area contributed by atoms with Crippen LogP contribution in [0, 0.1) is 0 Å². The molecule has 1 saturated heterocycles. The SMILES string of the molecule is CNc1ccc(-c2ccc(=O)n(Cc3cccc(-c4ncc(OC5CCNCC5)cn4)c3)n2)cc1. The Balaban J connectivity index is 1.32. The first kappa shape index (κ1) is 22.7. The van der Waals surface area contributed by atoms with Gasteiger partial charge in [-0.15, -0.1) is 0 Å². The third-order valence-corrected chi connectivity index (χ3v) is 6.07. The Morgan fingerprint density at radius 3 is 2.51 bits per heavy atom. The van der Waals surface area contributed by atoms with E-state index in [4.69, 9.17) is 4.74 Å². The smallest absolute Gasteiger partial charge is 0.267 e. The number of aromatic nitrogens is 4. The Morgan fingerprint density at radius 1 is 1.00 bits per heavy atom. The maximum Gasteiger partial charge on any atom is 0.267 e. The summed E-state index contributed by atoms with van der Waals surface area (Å²) in [4.78, 5) is 21.5. The molecule has 1 aliphatic rings. The first-order valence-corrected chi connectivity index (χ1v) is 11.8. The summed E-state index contributed by atoms with van der Waals surface area (Å²) in [5, 5.41) is 11.0. The van der Waals surface area contributed by atoms with Gasteiger partial charge in [-0.3, -0.25) is 4.79 Å². The van der Waals surface area contributed by atoms with Gasteiger partial charge in [0, 0.05) is 29.9 Å². The van der Waals surface area contributed by atoms with E-state index >= 15 is 0 Å². The van der Waals surface area contributed by atoms with Gasteiger partial charge in [-0.1, -0.05) is 30.3 Å². The van der Waals surface area contributed by atoms with Gasteiger partial charge in [0.15, 0.2) is 11.6 Å². The van der Waals surface area contributed by atoms with E-state index in [2.05, 4.69) is 25.7 Å². The van der Waals surface area contributed by atoms with Crippen molar-refractivity contribution in [2.24, 2.45) is 0 Å². The monoisotopic (exact) mass is 468 g/mol. The molecule has 0 amide bonds. The molecule has 0 radical (unpaired) electrons. The fourth-order valence-corrected chi connectivity index (χ4v) is 4.14. The molecular formula is C27H28N6O2. The van der Waals surface area contributed by atoms with Crippen LogP contribution in [0.1, 0.15) is 18.4 Å². The van der Waals surface area contributed by atoms with Crippen LogP contribution in [-0.2, 0) is 6.54 Å². The van der Waals surface area contributed by atoms with Gasteiger partial charge in [0.05, 0.1) is 24.6 Å². The first-order chi connectivity index (χ1) is 17.2. The van der Waals surface area contributed by atoms with Crippen LogP contribution in [0.5, 0.6) is 5.75 Å². The minimum atomic E-state index is -0.151. The molecule has 1 fully saturated rings. The average molecular weight is 469 g/mol. The molecule has 4 aromatic rings. The van der Waals surface area contributed by atoms with Gasteiger partial charge < -0.3 is 15.4 Å². The highest BCUT2D eigenvalue weighted by molar-refractivity contribution is 5.62. The van der Waals surface area contributed by atoms with Gasteiger partial charge in [-0.25, -0.2) is 14.6 Å². The number of benzene rings is 2. The third-order valence-electron chi connectivity index (χ3n) is 6.07. The zero-order valence-electron chi connectivity index (χ0n) is 19.6. The molecule has 8 heteroatoms. The molecule has 0 aliphatic carbocycles. The predicted molar refractivity (Wildman–Crippen MR) is 137 cm³/mol. The maximum absolute atomic E-state index is 12.5. The molecule has 8 nitrogen and oxygen atoms in total. The normalized spacial score (nSPS) is 14.0. The van der Waals surface area contributed by atoms with Gasteiger partial charge in [-0.2, -0.15) is 5.10 Å². The Bertz CT molecular complexity index is 1330. The average Bonchev–Trinajstić information content (AvgIpc) is 2.91. The van der Waals surface area contributed by atoms with Gasteiger partial charge >= 0.3 is 0 Å². The quantitative estimate of drug-likeness (QED) is 0.428. The standard InChI is InChI=1S/C27H28N6O2/c1-28-22-7-5-20(6-8-22)25-9-10-26(34)33(32-25)18-19-3-2-4-21(15-19)27-30-16-24(17-31-27)35-23-11-13-29-14-12-23/h2-10,15-17,23,28-29H,11-14,18H2,1H3. The highest BCUT2D eigenvalue weighted by Gasteiger charge is 2.15. The predicted octanol–water partition coefficient (Wildman–Crippen LogP) is 3.59. The number of rotatable bonds is 7. The van der Waals surface area contributed by atoms with Crippen LogP contribution in [0.2, 0.25) is 0 Å². The van der Waals surface area contributed by atoms with Gasteiger partial charge in [0.1, 0.15) is 6.10 Å². The fourth-order valence-electron chi connectivity index (χ4n) is 4.14. The maximum atomic E-state index is 12.5. The van der Waals surface area contributed by atoms with E-state index in [-0.39, 0.29) is 11.7 Å². The largest absolute Gasteiger partial charge is 0.487 e. The Hall–Kier alpha value is -4.04. The molecule has 0 spiro atoms. The lowest BCUT2D eigenvalue weighted by molar-refractivity contribution is 0.161. The Kier molecular flexibility index (Phi) is 6.81. The van der Waals surface area contributed by atoms with Crippen molar-refractivity contribution in [3.63, 3.8) is 0 Å². The lowest BCUT2D eigenvalue weighted by Crippen LogP contribution is -2.34. The molecule has 0 bridgehead atoms. The van der Waals surface area contributed by atoms with Crippen LogP contribution in [0.3, 0.4) is 0 Å². The fraction of sp³-hybridized carbons (Fsp3) is 0.259. The van der Waals surface area contributed by atoms with Crippen molar-refractivity contribution < 1.29 is 4.74 Å². The van der Waals surface area contributed by atoms with Crippen molar-refractivity contribution in [2.45, 2.75) is 25.5 Å². The first-order valence-electron chi connectivity index (χ1n) is 11.8. The zero-order chi connectivity index (χ0) is 24.0. The second-order valence-corrected chi connectivity index (χ2v) is 8.55. The minimum Gasteiger partial charge on any atom is -0.487 e. The molecule has 2 aromatic carbocycles. The van der Waals surface area contributed by atoms with E-state index in [0.717, 1.165) is 54.0 Å². The number of ether oxygens (including phenoxy) is 1. The summed E-state index contributed by atoms with van der Waals surface area (Å²) in [5.74, 6) is 1.30. The van der Waals surface area contributed by atoms with Crippen molar-refractivity contribution in [3.8, 4) is 28.4 Å². The number of hydrogen-bond acceptors (Lipinski definition) is 7. The molecule has 0 atom stereocenters. The second-order valence-electron chi connectivity index (χ2n) is 8.55. The van der Waals surface area contributed by atoms with E-state index < -0.39 is 0 Å². The molecule has 3 heterocycles. The number of piperidine rings is 1. The molecule has 0 saturated carbocycles. The van der Waals surface area contributed by atoms with E-state index in [1.807, 2.05) is 55.6 Å². The van der Waals surface area contributed by atoms with Gasteiger partial charge in [0.25, 0.3) is 5.56 Å². The lowest BCUT2D eigenvalue weighted by atomic mass is 10.1. The molecule has 178 valence electrons. The van der Waals surface area contributed by atoms with Crippen molar-refractivity contribution in [1.82, 2.24) is 25.1 Å². The topological polar surface area (TPSA) is 94.0 Å². The van der Waals surface area contributed by atoms with E-state index in [1.165, 1.54) is 4.68 Å². The number of hydrogen-bond donors (Lipinski definition) is 2. The molecule has 0 unspecified atom stereocenters. The summed E-state index contributed by atoms with van der Waals surface area (Å²) < 4.78 is 7.49. The third kappa shape index (κ3) is 5.55. The van der Waals surface area contributed by atoms with Crippen molar-refractivity contribution >= 4 is 5.69 Å². The van der Waals surface area contributed by atoms with E-state index in [0.29, 0.717) is 18.1 Å². The molecule has 1 aliphatic heterocycles. The summed E-state index contributed by atoms with van der Waals surface area (Å²) >= 11 is 0.